The van der Waals surface area contributed by atoms with Crippen LogP contribution < -0.4 is 10.2 Å². The van der Waals surface area contributed by atoms with Crippen molar-refractivity contribution < 1.29 is 18.0 Å². The van der Waals surface area contributed by atoms with E-state index in [4.69, 9.17) is 0 Å². The lowest BCUT2D eigenvalue weighted by Gasteiger charge is -2.36. The molecular formula is C25H29F3N6OS. The number of halogens is 3. The molecule has 7 nitrogen and oxygen atoms in total. The van der Waals surface area contributed by atoms with Crippen molar-refractivity contribution in [2.75, 3.05) is 32.1 Å². The minimum Gasteiger partial charge on any atom is -0.371 e. The topological polar surface area (TPSA) is 74.2 Å². The summed E-state index contributed by atoms with van der Waals surface area (Å²) < 4.78 is 38.3. The number of anilines is 1. The van der Waals surface area contributed by atoms with Crippen LogP contribution in [0.4, 0.5) is 18.9 Å². The molecular weight excluding hydrogens is 489 g/mol. The predicted octanol–water partition coefficient (Wildman–Crippen LogP) is 4.95. The van der Waals surface area contributed by atoms with Crippen molar-refractivity contribution in [3.05, 3.63) is 58.6 Å². The van der Waals surface area contributed by atoms with Crippen LogP contribution in [0, 0.1) is 6.92 Å². The summed E-state index contributed by atoms with van der Waals surface area (Å²) in [6.45, 7) is 5.70. The Morgan fingerprint density at radius 2 is 1.81 bits per heavy atom. The van der Waals surface area contributed by atoms with Gasteiger partial charge in [-0.25, -0.2) is 15.0 Å². The predicted molar refractivity (Wildman–Crippen MR) is 134 cm³/mol. The fourth-order valence-corrected chi connectivity index (χ4v) is 4.97. The second-order valence-corrected chi connectivity index (χ2v) is 10.5. The number of aromatic nitrogens is 3. The molecule has 0 bridgehead atoms. The summed E-state index contributed by atoms with van der Waals surface area (Å²) in [6, 6.07) is 5.48. The number of carbonyl (C=O) groups excluding carboxylic acids is 1. The molecule has 192 valence electrons. The molecule has 36 heavy (non-hydrogen) atoms. The number of thiazole rings is 1. The van der Waals surface area contributed by atoms with E-state index in [9.17, 15) is 18.0 Å². The Labute approximate surface area is 212 Å². The fourth-order valence-electron chi connectivity index (χ4n) is 4.22. The number of piperidine rings is 1. The summed E-state index contributed by atoms with van der Waals surface area (Å²) in [5, 5.41) is 3.69. The molecule has 0 radical (unpaired) electrons. The molecule has 1 aliphatic heterocycles. The largest absolute Gasteiger partial charge is 0.451 e. The lowest BCUT2D eigenvalue weighted by molar-refractivity contribution is -0.145. The number of amides is 1. The molecule has 1 N–H and O–H groups in total. The Hall–Kier alpha value is -3.05. The molecule has 0 aliphatic carbocycles. The van der Waals surface area contributed by atoms with Crippen molar-refractivity contribution in [2.45, 2.75) is 44.9 Å². The maximum absolute atomic E-state index is 13.3. The molecule has 3 heterocycles. The second-order valence-electron chi connectivity index (χ2n) is 9.22. The number of nitrogens with one attached hydrogen (secondary N) is 1. The van der Waals surface area contributed by atoms with Crippen LogP contribution in [0.5, 0.6) is 0 Å². The first kappa shape index (κ1) is 26.0. The van der Waals surface area contributed by atoms with E-state index in [0.717, 1.165) is 59.5 Å². The molecule has 0 spiro atoms. The first-order chi connectivity index (χ1) is 17.0. The molecule has 1 aromatic carbocycles. The highest BCUT2D eigenvalue weighted by Gasteiger charge is 2.34. The number of nitrogens with zero attached hydrogens (tertiary/aromatic N) is 5. The summed E-state index contributed by atoms with van der Waals surface area (Å²) in [5.41, 5.74) is 2.60. The van der Waals surface area contributed by atoms with E-state index in [1.165, 1.54) is 0 Å². The second kappa shape index (κ2) is 10.5. The molecule has 0 unspecified atom stereocenters. The van der Waals surface area contributed by atoms with E-state index in [1.807, 2.05) is 20.0 Å². The lowest BCUT2D eigenvalue weighted by Crippen LogP contribution is -2.42. The van der Waals surface area contributed by atoms with Gasteiger partial charge in [0.05, 0.1) is 6.04 Å². The average molecular weight is 519 g/mol. The third-order valence-electron chi connectivity index (χ3n) is 6.46. The standard InChI is InChI=1S/C25H29F3N6OS/c1-15-12-29-23(36-15)18-9-17(10-21(11-18)34(4)20-5-7-33(3)8-6-20)22(35)32-16(2)19-13-30-24(31-14-19)25(26,27)28/h9-14,16,20H,5-8H2,1-4H3,(H,32,35)/t16-/m1/s1. The Bertz CT molecular complexity index is 1210. The van der Waals surface area contributed by atoms with E-state index in [0.29, 0.717) is 17.2 Å². The fraction of sp³-hybridized carbons (Fsp3) is 0.440. The van der Waals surface area contributed by atoms with Gasteiger partial charge in [-0.2, -0.15) is 13.2 Å². The quantitative estimate of drug-likeness (QED) is 0.498. The van der Waals surface area contributed by atoms with Gasteiger partial charge >= 0.3 is 6.18 Å². The number of benzene rings is 1. The first-order valence-corrected chi connectivity index (χ1v) is 12.5. The molecule has 1 aliphatic rings. The average Bonchev–Trinajstić information content (AvgIpc) is 3.29. The van der Waals surface area contributed by atoms with E-state index in [2.05, 4.69) is 43.2 Å². The minimum atomic E-state index is -4.62. The van der Waals surface area contributed by atoms with Crippen LogP contribution in [0.15, 0.2) is 36.8 Å². The summed E-state index contributed by atoms with van der Waals surface area (Å²) in [6.07, 6.45) is 1.43. The summed E-state index contributed by atoms with van der Waals surface area (Å²) in [5.74, 6) is -1.55. The Morgan fingerprint density at radius 1 is 1.14 bits per heavy atom. The zero-order valence-electron chi connectivity index (χ0n) is 20.6. The molecule has 11 heteroatoms. The van der Waals surface area contributed by atoms with E-state index < -0.39 is 18.0 Å². The van der Waals surface area contributed by atoms with Crippen LogP contribution in [-0.2, 0) is 6.18 Å². The summed E-state index contributed by atoms with van der Waals surface area (Å²) in [7, 11) is 4.17. The Balaban J connectivity index is 1.59. The Kier molecular flexibility index (Phi) is 7.60. The van der Waals surface area contributed by atoms with Crippen LogP contribution >= 0.6 is 11.3 Å². The van der Waals surface area contributed by atoms with Gasteiger partial charge in [-0.05, 0) is 65.0 Å². The van der Waals surface area contributed by atoms with Crippen molar-refractivity contribution in [2.24, 2.45) is 0 Å². The molecule has 1 amide bonds. The van der Waals surface area contributed by atoms with E-state index in [1.54, 1.807) is 30.5 Å². The highest BCUT2D eigenvalue weighted by Crippen LogP contribution is 2.32. The zero-order valence-corrected chi connectivity index (χ0v) is 21.5. The monoisotopic (exact) mass is 518 g/mol. The summed E-state index contributed by atoms with van der Waals surface area (Å²) in [4.78, 5) is 30.2. The zero-order chi connectivity index (χ0) is 26.0. The van der Waals surface area contributed by atoms with Crippen molar-refractivity contribution in [3.8, 4) is 10.6 Å². The highest BCUT2D eigenvalue weighted by molar-refractivity contribution is 7.14. The maximum atomic E-state index is 13.3. The number of rotatable bonds is 6. The summed E-state index contributed by atoms with van der Waals surface area (Å²) >= 11 is 1.56. The number of carbonyl (C=O) groups is 1. The van der Waals surface area contributed by atoms with Crippen molar-refractivity contribution in [1.82, 2.24) is 25.2 Å². The minimum absolute atomic E-state index is 0.337. The molecule has 4 rings (SSSR count). The van der Waals surface area contributed by atoms with Crippen molar-refractivity contribution in [3.63, 3.8) is 0 Å². The van der Waals surface area contributed by atoms with Crippen molar-refractivity contribution >= 4 is 22.9 Å². The first-order valence-electron chi connectivity index (χ1n) is 11.7. The number of alkyl halides is 3. The highest BCUT2D eigenvalue weighted by atomic mass is 32.1. The van der Waals surface area contributed by atoms with Crippen molar-refractivity contribution in [1.29, 1.82) is 0 Å². The van der Waals surface area contributed by atoms with Gasteiger partial charge in [0.15, 0.2) is 0 Å². The lowest BCUT2D eigenvalue weighted by atomic mass is 10.0. The number of hydrogen-bond donors (Lipinski definition) is 1. The smallest absolute Gasteiger partial charge is 0.371 e. The molecule has 2 aromatic heterocycles. The molecule has 1 saturated heterocycles. The third kappa shape index (κ3) is 6.01. The van der Waals surface area contributed by atoms with Gasteiger partial charge in [0.1, 0.15) is 5.01 Å². The molecule has 1 atom stereocenters. The maximum Gasteiger partial charge on any atom is 0.451 e. The van der Waals surface area contributed by atoms with E-state index >= 15 is 0 Å². The van der Waals surface area contributed by atoms with Crippen LogP contribution in [0.25, 0.3) is 10.6 Å². The molecule has 3 aromatic rings. The van der Waals surface area contributed by atoms with Crippen LogP contribution in [0.2, 0.25) is 0 Å². The SMILES string of the molecule is Cc1cnc(-c2cc(C(=O)N[C@H](C)c3cnc(C(F)(F)F)nc3)cc(N(C)C3CCN(C)CC3)c2)s1. The van der Waals surface area contributed by atoms with Gasteiger partial charge in [-0.1, -0.05) is 0 Å². The van der Waals surface area contributed by atoms with Crippen LogP contribution in [0.3, 0.4) is 0 Å². The van der Waals surface area contributed by atoms with Gasteiger partial charge in [-0.3, -0.25) is 4.79 Å². The van der Waals surface area contributed by atoms with Crippen LogP contribution in [0.1, 0.15) is 52.4 Å². The van der Waals surface area contributed by atoms with Gasteiger partial charge in [0, 0.05) is 58.9 Å². The van der Waals surface area contributed by atoms with Gasteiger partial charge < -0.3 is 15.1 Å². The van der Waals surface area contributed by atoms with Gasteiger partial charge in [0.2, 0.25) is 5.82 Å². The number of hydrogen-bond acceptors (Lipinski definition) is 7. The van der Waals surface area contributed by atoms with E-state index in [-0.39, 0.29) is 5.91 Å². The molecule has 1 fully saturated rings. The normalized spacial score (nSPS) is 16.1. The Morgan fingerprint density at radius 3 is 2.39 bits per heavy atom. The molecule has 0 saturated carbocycles. The van der Waals surface area contributed by atoms with Gasteiger partial charge in [-0.15, -0.1) is 11.3 Å². The van der Waals surface area contributed by atoms with Crippen LogP contribution in [-0.4, -0.2) is 59.0 Å². The van der Waals surface area contributed by atoms with Gasteiger partial charge in [0.25, 0.3) is 5.91 Å². The number of likely N-dealkylation sites (tertiary alicyclic amines) is 1. The third-order valence-corrected chi connectivity index (χ3v) is 7.43. The number of aryl methyl sites for hydroxylation is 1.